The second kappa shape index (κ2) is 7.84. The van der Waals surface area contributed by atoms with E-state index in [9.17, 15) is 9.59 Å². The van der Waals surface area contributed by atoms with E-state index in [1.165, 1.54) is 11.8 Å². The number of likely N-dealkylation sites (tertiary alicyclic amines) is 1. The van der Waals surface area contributed by atoms with E-state index in [2.05, 4.69) is 21.2 Å². The molecular weight excluding hydrogens is 352 g/mol. The van der Waals surface area contributed by atoms with Crippen molar-refractivity contribution in [2.45, 2.75) is 30.7 Å². The lowest BCUT2D eigenvalue weighted by Gasteiger charge is -2.31. The van der Waals surface area contributed by atoms with Crippen LogP contribution in [0.4, 0.5) is 0 Å². The number of hydrogen-bond acceptors (Lipinski definition) is 3. The Labute approximate surface area is 137 Å². The van der Waals surface area contributed by atoms with Crippen molar-refractivity contribution in [3.05, 3.63) is 28.7 Å². The van der Waals surface area contributed by atoms with E-state index in [1.807, 2.05) is 29.2 Å². The zero-order valence-electron chi connectivity index (χ0n) is 12.0. The first-order valence-corrected chi connectivity index (χ1v) is 8.75. The SMILES string of the molecule is CC(=O)N1CCC(NC(=O)CSc2ccc(Br)cc2)CC1. The molecule has 1 heterocycles. The van der Waals surface area contributed by atoms with Crippen LogP contribution in [0.3, 0.4) is 0 Å². The Morgan fingerprint density at radius 1 is 1.29 bits per heavy atom. The first kappa shape index (κ1) is 16.4. The maximum Gasteiger partial charge on any atom is 0.230 e. The zero-order chi connectivity index (χ0) is 15.2. The van der Waals surface area contributed by atoms with Crippen LogP contribution in [-0.4, -0.2) is 41.6 Å². The summed E-state index contributed by atoms with van der Waals surface area (Å²) in [6, 6.07) is 8.12. The highest BCUT2D eigenvalue weighted by atomic mass is 79.9. The predicted molar refractivity (Wildman–Crippen MR) is 88.3 cm³/mol. The van der Waals surface area contributed by atoms with Gasteiger partial charge >= 0.3 is 0 Å². The summed E-state index contributed by atoms with van der Waals surface area (Å²) < 4.78 is 1.04. The quantitative estimate of drug-likeness (QED) is 0.828. The number of nitrogens with one attached hydrogen (secondary N) is 1. The lowest BCUT2D eigenvalue weighted by atomic mass is 10.1. The monoisotopic (exact) mass is 370 g/mol. The number of hydrogen-bond donors (Lipinski definition) is 1. The van der Waals surface area contributed by atoms with Gasteiger partial charge in [-0.05, 0) is 37.1 Å². The topological polar surface area (TPSA) is 49.4 Å². The highest BCUT2D eigenvalue weighted by molar-refractivity contribution is 9.10. The molecule has 1 aliphatic rings. The number of nitrogens with zero attached hydrogens (tertiary/aromatic N) is 1. The standard InChI is InChI=1S/C15H19BrN2O2S/c1-11(19)18-8-6-13(7-9-18)17-15(20)10-21-14-4-2-12(16)3-5-14/h2-5,13H,6-10H2,1H3,(H,17,20). The maximum absolute atomic E-state index is 11.9. The van der Waals surface area contributed by atoms with Crippen molar-refractivity contribution >= 4 is 39.5 Å². The van der Waals surface area contributed by atoms with E-state index in [-0.39, 0.29) is 17.9 Å². The number of thioether (sulfide) groups is 1. The number of benzene rings is 1. The lowest BCUT2D eigenvalue weighted by Crippen LogP contribution is -2.46. The minimum atomic E-state index is 0.0594. The van der Waals surface area contributed by atoms with E-state index in [0.29, 0.717) is 5.75 Å². The van der Waals surface area contributed by atoms with Gasteiger partial charge in [0.25, 0.3) is 0 Å². The van der Waals surface area contributed by atoms with Crippen LogP contribution in [-0.2, 0) is 9.59 Å². The fraction of sp³-hybridized carbons (Fsp3) is 0.467. The Morgan fingerprint density at radius 3 is 2.48 bits per heavy atom. The molecule has 0 saturated carbocycles. The van der Waals surface area contributed by atoms with Crippen molar-refractivity contribution in [1.82, 2.24) is 10.2 Å². The first-order valence-electron chi connectivity index (χ1n) is 6.98. The molecule has 1 aliphatic heterocycles. The smallest absolute Gasteiger partial charge is 0.230 e. The Hall–Kier alpha value is -1.01. The Balaban J connectivity index is 1.70. The average molecular weight is 371 g/mol. The third kappa shape index (κ3) is 5.36. The Bertz CT molecular complexity index is 499. The minimum absolute atomic E-state index is 0.0594. The van der Waals surface area contributed by atoms with Gasteiger partial charge in [-0.25, -0.2) is 0 Å². The van der Waals surface area contributed by atoms with Gasteiger partial charge < -0.3 is 10.2 Å². The molecule has 6 heteroatoms. The van der Waals surface area contributed by atoms with E-state index in [1.54, 1.807) is 6.92 Å². The van der Waals surface area contributed by atoms with E-state index in [0.717, 1.165) is 35.3 Å². The summed E-state index contributed by atoms with van der Waals surface area (Å²) in [5.74, 6) is 0.601. The third-order valence-electron chi connectivity index (χ3n) is 3.49. The number of amides is 2. The van der Waals surface area contributed by atoms with Crippen LogP contribution in [0.5, 0.6) is 0 Å². The second-order valence-corrected chi connectivity index (χ2v) is 7.05. The molecule has 114 valence electrons. The Kier molecular flexibility index (Phi) is 6.11. The molecule has 1 fully saturated rings. The fourth-order valence-corrected chi connectivity index (χ4v) is 3.26. The Morgan fingerprint density at radius 2 is 1.90 bits per heavy atom. The van der Waals surface area contributed by atoms with Crippen molar-refractivity contribution in [3.8, 4) is 0 Å². The van der Waals surface area contributed by atoms with Gasteiger partial charge in [0.15, 0.2) is 0 Å². The van der Waals surface area contributed by atoms with Gasteiger partial charge in [0.2, 0.25) is 11.8 Å². The van der Waals surface area contributed by atoms with Crippen LogP contribution in [0.1, 0.15) is 19.8 Å². The van der Waals surface area contributed by atoms with E-state index in [4.69, 9.17) is 0 Å². The summed E-state index contributed by atoms with van der Waals surface area (Å²) in [7, 11) is 0. The number of carbonyl (C=O) groups is 2. The molecule has 0 aliphatic carbocycles. The zero-order valence-corrected chi connectivity index (χ0v) is 14.4. The van der Waals surface area contributed by atoms with Crippen LogP contribution >= 0.6 is 27.7 Å². The van der Waals surface area contributed by atoms with Crippen LogP contribution in [0, 0.1) is 0 Å². The summed E-state index contributed by atoms with van der Waals surface area (Å²) in [5, 5.41) is 3.05. The van der Waals surface area contributed by atoms with Gasteiger partial charge in [-0.1, -0.05) is 15.9 Å². The largest absolute Gasteiger partial charge is 0.353 e. The average Bonchev–Trinajstić information content (AvgIpc) is 2.47. The molecule has 0 radical (unpaired) electrons. The normalized spacial score (nSPS) is 15.8. The minimum Gasteiger partial charge on any atom is -0.353 e. The molecule has 2 rings (SSSR count). The third-order valence-corrected chi connectivity index (χ3v) is 5.03. The predicted octanol–water partition coefficient (Wildman–Crippen LogP) is 2.67. The number of piperidine rings is 1. The molecule has 1 N–H and O–H groups in total. The molecule has 0 unspecified atom stereocenters. The first-order chi connectivity index (χ1) is 10.0. The summed E-state index contributed by atoms with van der Waals surface area (Å²) >= 11 is 4.92. The lowest BCUT2D eigenvalue weighted by molar-refractivity contribution is -0.130. The van der Waals surface area contributed by atoms with E-state index < -0.39 is 0 Å². The molecule has 0 bridgehead atoms. The molecule has 1 aromatic rings. The van der Waals surface area contributed by atoms with Gasteiger partial charge in [0.05, 0.1) is 5.75 Å². The molecule has 0 spiro atoms. The molecular formula is C15H19BrN2O2S. The molecule has 4 nitrogen and oxygen atoms in total. The summed E-state index contributed by atoms with van der Waals surface area (Å²) in [6.45, 7) is 3.06. The highest BCUT2D eigenvalue weighted by Gasteiger charge is 2.21. The molecule has 21 heavy (non-hydrogen) atoms. The second-order valence-electron chi connectivity index (χ2n) is 5.09. The van der Waals surface area contributed by atoms with Crippen molar-refractivity contribution in [1.29, 1.82) is 0 Å². The van der Waals surface area contributed by atoms with Crippen molar-refractivity contribution in [2.24, 2.45) is 0 Å². The van der Waals surface area contributed by atoms with Gasteiger partial charge in [0, 0.05) is 35.4 Å². The van der Waals surface area contributed by atoms with Gasteiger partial charge in [-0.2, -0.15) is 0 Å². The molecule has 2 amide bonds. The van der Waals surface area contributed by atoms with Crippen molar-refractivity contribution in [3.63, 3.8) is 0 Å². The molecule has 0 atom stereocenters. The van der Waals surface area contributed by atoms with Crippen LogP contribution in [0.2, 0.25) is 0 Å². The van der Waals surface area contributed by atoms with Crippen LogP contribution in [0.25, 0.3) is 0 Å². The fourth-order valence-electron chi connectivity index (χ4n) is 2.29. The molecule has 0 aromatic heterocycles. The maximum atomic E-state index is 11.9. The summed E-state index contributed by atoms with van der Waals surface area (Å²) in [4.78, 5) is 26.1. The number of carbonyl (C=O) groups excluding carboxylic acids is 2. The summed E-state index contributed by atoms with van der Waals surface area (Å²) in [6.07, 6.45) is 1.68. The highest BCUT2D eigenvalue weighted by Crippen LogP contribution is 2.20. The van der Waals surface area contributed by atoms with E-state index >= 15 is 0 Å². The number of rotatable bonds is 4. The molecule has 1 aromatic carbocycles. The van der Waals surface area contributed by atoms with Crippen molar-refractivity contribution < 1.29 is 9.59 Å². The van der Waals surface area contributed by atoms with Gasteiger partial charge in [-0.15, -0.1) is 11.8 Å². The molecule has 1 saturated heterocycles. The number of halogens is 1. The van der Waals surface area contributed by atoms with Gasteiger partial charge in [0.1, 0.15) is 0 Å². The van der Waals surface area contributed by atoms with Crippen LogP contribution < -0.4 is 5.32 Å². The van der Waals surface area contributed by atoms with Crippen molar-refractivity contribution in [2.75, 3.05) is 18.8 Å². The van der Waals surface area contributed by atoms with Gasteiger partial charge in [-0.3, -0.25) is 9.59 Å². The summed E-state index contributed by atoms with van der Waals surface area (Å²) in [5.41, 5.74) is 0. The van der Waals surface area contributed by atoms with Crippen LogP contribution in [0.15, 0.2) is 33.6 Å².